The highest BCUT2D eigenvalue weighted by molar-refractivity contribution is 5.92. The summed E-state index contributed by atoms with van der Waals surface area (Å²) in [4.78, 5) is 8.39. The van der Waals surface area contributed by atoms with Crippen molar-refractivity contribution in [3.63, 3.8) is 0 Å². The molecule has 0 atom stereocenters. The molecule has 0 spiro atoms. The molecule has 4 nitrogen and oxygen atoms in total. The number of fused-ring (bicyclic) bond motifs is 1. The second kappa shape index (κ2) is 4.94. The summed E-state index contributed by atoms with van der Waals surface area (Å²) in [6.07, 6.45) is 5.32. The summed E-state index contributed by atoms with van der Waals surface area (Å²) in [5.41, 5.74) is 1.08. The fourth-order valence-electron chi connectivity index (χ4n) is 1.99. The van der Waals surface area contributed by atoms with E-state index in [1.54, 1.807) is 24.5 Å². The maximum Gasteiger partial charge on any atom is 0.134 e. The molecule has 0 fully saturated rings. The molecular weight excluding hydrogens is 238 g/mol. The number of rotatable bonds is 3. The average molecular weight is 251 g/mol. The molecule has 19 heavy (non-hydrogen) atoms. The van der Waals surface area contributed by atoms with E-state index < -0.39 is 0 Å². The van der Waals surface area contributed by atoms with Gasteiger partial charge in [0.2, 0.25) is 0 Å². The summed E-state index contributed by atoms with van der Waals surface area (Å²) in [6.45, 7) is 0.648. The Kier molecular flexibility index (Phi) is 2.98. The van der Waals surface area contributed by atoms with Crippen molar-refractivity contribution in [3.8, 4) is 5.75 Å². The van der Waals surface area contributed by atoms with E-state index in [-0.39, 0.29) is 5.75 Å². The van der Waals surface area contributed by atoms with E-state index in [1.807, 2.05) is 30.5 Å². The molecule has 0 saturated carbocycles. The van der Waals surface area contributed by atoms with Gasteiger partial charge in [0.25, 0.3) is 0 Å². The number of hydrogen-bond acceptors (Lipinski definition) is 4. The predicted molar refractivity (Wildman–Crippen MR) is 75.0 cm³/mol. The van der Waals surface area contributed by atoms with Gasteiger partial charge >= 0.3 is 0 Å². The molecule has 0 aliphatic rings. The van der Waals surface area contributed by atoms with Crippen molar-refractivity contribution in [3.05, 3.63) is 60.6 Å². The van der Waals surface area contributed by atoms with Gasteiger partial charge in [-0.25, -0.2) is 4.98 Å². The second-order valence-corrected chi connectivity index (χ2v) is 4.28. The molecule has 2 aromatic heterocycles. The average Bonchev–Trinajstić information content (AvgIpc) is 2.46. The van der Waals surface area contributed by atoms with Crippen LogP contribution in [0.5, 0.6) is 5.75 Å². The lowest BCUT2D eigenvalue weighted by Crippen LogP contribution is -2.02. The molecule has 0 bridgehead atoms. The zero-order valence-electron chi connectivity index (χ0n) is 10.2. The molecule has 3 rings (SSSR count). The third kappa shape index (κ3) is 2.47. The van der Waals surface area contributed by atoms with Crippen LogP contribution in [-0.4, -0.2) is 15.1 Å². The lowest BCUT2D eigenvalue weighted by Gasteiger charge is -2.08. The van der Waals surface area contributed by atoms with Crippen LogP contribution in [0.25, 0.3) is 10.8 Å². The maximum absolute atomic E-state index is 9.57. The van der Waals surface area contributed by atoms with Gasteiger partial charge in [-0.05, 0) is 35.2 Å². The number of aromatic nitrogens is 2. The normalized spacial score (nSPS) is 10.5. The Morgan fingerprint density at radius 3 is 2.89 bits per heavy atom. The summed E-state index contributed by atoms with van der Waals surface area (Å²) < 4.78 is 0. The molecular formula is C15H13N3O. The van der Waals surface area contributed by atoms with E-state index in [9.17, 15) is 5.11 Å². The maximum atomic E-state index is 9.57. The third-order valence-corrected chi connectivity index (χ3v) is 2.93. The lowest BCUT2D eigenvalue weighted by molar-refractivity contribution is 0.476. The molecule has 1 aromatic carbocycles. The minimum Gasteiger partial charge on any atom is -0.508 e. The Hall–Kier alpha value is -2.62. The van der Waals surface area contributed by atoms with Crippen LogP contribution < -0.4 is 5.32 Å². The predicted octanol–water partition coefficient (Wildman–Crippen LogP) is 2.95. The van der Waals surface area contributed by atoms with E-state index in [4.69, 9.17) is 0 Å². The molecule has 0 aliphatic heterocycles. The Bertz CT molecular complexity index is 698. The summed E-state index contributed by atoms with van der Waals surface area (Å²) in [5.74, 6) is 1.00. The fraction of sp³-hybridized carbons (Fsp3) is 0.0667. The summed E-state index contributed by atoms with van der Waals surface area (Å²) in [7, 11) is 0. The number of nitrogens with one attached hydrogen (secondary N) is 1. The zero-order valence-corrected chi connectivity index (χ0v) is 10.2. The van der Waals surface area contributed by atoms with E-state index in [0.29, 0.717) is 6.54 Å². The molecule has 2 heterocycles. The van der Waals surface area contributed by atoms with Crippen molar-refractivity contribution in [2.24, 2.45) is 0 Å². The largest absolute Gasteiger partial charge is 0.508 e. The molecule has 3 aromatic rings. The van der Waals surface area contributed by atoms with Crippen LogP contribution in [0.3, 0.4) is 0 Å². The Labute approximate surface area is 110 Å². The SMILES string of the molecule is Oc1ccc2ccnc(NCc3cccnc3)c2c1. The van der Waals surface area contributed by atoms with E-state index in [1.165, 1.54) is 0 Å². The van der Waals surface area contributed by atoms with Crippen molar-refractivity contribution < 1.29 is 5.11 Å². The highest BCUT2D eigenvalue weighted by Crippen LogP contribution is 2.25. The van der Waals surface area contributed by atoms with Gasteiger partial charge in [0.05, 0.1) is 0 Å². The number of benzene rings is 1. The van der Waals surface area contributed by atoms with Crippen molar-refractivity contribution in [2.45, 2.75) is 6.54 Å². The minimum absolute atomic E-state index is 0.241. The van der Waals surface area contributed by atoms with E-state index in [2.05, 4.69) is 15.3 Å². The molecule has 0 radical (unpaired) electrons. The van der Waals surface area contributed by atoms with Crippen LogP contribution in [0.2, 0.25) is 0 Å². The van der Waals surface area contributed by atoms with Crippen LogP contribution in [0.1, 0.15) is 5.56 Å². The summed E-state index contributed by atoms with van der Waals surface area (Å²) in [5, 5.41) is 14.8. The Morgan fingerprint density at radius 1 is 1.11 bits per heavy atom. The van der Waals surface area contributed by atoms with Crippen molar-refractivity contribution in [2.75, 3.05) is 5.32 Å². The van der Waals surface area contributed by atoms with E-state index in [0.717, 1.165) is 22.2 Å². The van der Waals surface area contributed by atoms with Gasteiger partial charge in [-0.15, -0.1) is 0 Å². The monoisotopic (exact) mass is 251 g/mol. The van der Waals surface area contributed by atoms with Gasteiger partial charge in [0.15, 0.2) is 0 Å². The van der Waals surface area contributed by atoms with Gasteiger partial charge in [0, 0.05) is 30.5 Å². The van der Waals surface area contributed by atoms with Crippen LogP contribution in [-0.2, 0) is 6.54 Å². The number of phenolic OH excluding ortho intramolecular Hbond substituents is 1. The molecule has 0 unspecified atom stereocenters. The quantitative estimate of drug-likeness (QED) is 0.751. The first-order valence-electron chi connectivity index (χ1n) is 6.03. The highest BCUT2D eigenvalue weighted by atomic mass is 16.3. The van der Waals surface area contributed by atoms with Crippen LogP contribution in [0, 0.1) is 0 Å². The first kappa shape index (κ1) is 11.5. The smallest absolute Gasteiger partial charge is 0.134 e. The first-order valence-corrected chi connectivity index (χ1v) is 6.03. The topological polar surface area (TPSA) is 58.0 Å². The van der Waals surface area contributed by atoms with Crippen LogP contribution in [0.4, 0.5) is 5.82 Å². The van der Waals surface area contributed by atoms with Gasteiger partial charge in [-0.3, -0.25) is 4.98 Å². The number of aromatic hydroxyl groups is 1. The Balaban J connectivity index is 1.90. The molecule has 94 valence electrons. The van der Waals surface area contributed by atoms with Gasteiger partial charge in [0.1, 0.15) is 11.6 Å². The third-order valence-electron chi connectivity index (χ3n) is 2.93. The van der Waals surface area contributed by atoms with Crippen LogP contribution in [0.15, 0.2) is 55.0 Å². The van der Waals surface area contributed by atoms with Gasteiger partial charge in [-0.2, -0.15) is 0 Å². The molecule has 0 saturated heterocycles. The van der Waals surface area contributed by atoms with Gasteiger partial charge in [-0.1, -0.05) is 12.1 Å². The number of hydrogen-bond donors (Lipinski definition) is 2. The first-order chi connectivity index (χ1) is 9.33. The Morgan fingerprint density at radius 2 is 2.05 bits per heavy atom. The number of pyridine rings is 2. The van der Waals surface area contributed by atoms with Crippen molar-refractivity contribution in [1.29, 1.82) is 0 Å². The van der Waals surface area contributed by atoms with Crippen LogP contribution >= 0.6 is 0 Å². The van der Waals surface area contributed by atoms with Crippen molar-refractivity contribution in [1.82, 2.24) is 9.97 Å². The zero-order chi connectivity index (χ0) is 13.1. The summed E-state index contributed by atoms with van der Waals surface area (Å²) in [6, 6.07) is 11.1. The number of phenols is 1. The summed E-state index contributed by atoms with van der Waals surface area (Å²) >= 11 is 0. The highest BCUT2D eigenvalue weighted by Gasteiger charge is 2.03. The molecule has 2 N–H and O–H groups in total. The molecule has 4 heteroatoms. The molecule has 0 aliphatic carbocycles. The second-order valence-electron chi connectivity index (χ2n) is 4.28. The standard InChI is InChI=1S/C15H13N3O/c19-13-4-3-12-5-7-17-15(14(12)8-13)18-10-11-2-1-6-16-9-11/h1-9,19H,10H2,(H,17,18). The lowest BCUT2D eigenvalue weighted by atomic mass is 10.1. The molecule has 0 amide bonds. The van der Waals surface area contributed by atoms with E-state index >= 15 is 0 Å². The van der Waals surface area contributed by atoms with Crippen molar-refractivity contribution >= 4 is 16.6 Å². The van der Waals surface area contributed by atoms with Gasteiger partial charge < -0.3 is 10.4 Å². The number of anilines is 1. The number of nitrogens with zero attached hydrogens (tertiary/aromatic N) is 2. The fourth-order valence-corrected chi connectivity index (χ4v) is 1.99. The minimum atomic E-state index is 0.241.